The minimum atomic E-state index is -0.291. The molecule has 0 aromatic heterocycles. The number of hydrogen-bond donors (Lipinski definition) is 2. The summed E-state index contributed by atoms with van der Waals surface area (Å²) in [6.07, 6.45) is 2.39. The van der Waals surface area contributed by atoms with Crippen molar-refractivity contribution in [2.45, 2.75) is 52.7 Å². The Balaban J connectivity index is 0.00000392. The summed E-state index contributed by atoms with van der Waals surface area (Å²) < 4.78 is 19.0. The van der Waals surface area contributed by atoms with Crippen molar-refractivity contribution in [3.63, 3.8) is 0 Å². The van der Waals surface area contributed by atoms with Crippen molar-refractivity contribution in [1.29, 1.82) is 0 Å². The van der Waals surface area contributed by atoms with E-state index in [1.54, 1.807) is 12.1 Å². The van der Waals surface area contributed by atoms with Crippen LogP contribution in [-0.2, 0) is 0 Å². The maximum Gasteiger partial charge on any atom is 0.191 e. The minimum Gasteiger partial charge on any atom is -0.489 e. The highest BCUT2D eigenvalue weighted by atomic mass is 127. The van der Waals surface area contributed by atoms with Gasteiger partial charge in [0.2, 0.25) is 0 Å². The van der Waals surface area contributed by atoms with Gasteiger partial charge >= 0.3 is 0 Å². The number of ether oxygens (including phenoxy) is 1. The van der Waals surface area contributed by atoms with Gasteiger partial charge in [-0.25, -0.2) is 9.38 Å². The molecule has 1 aliphatic heterocycles. The number of aliphatic imine (C=N–C) groups is 1. The third kappa shape index (κ3) is 8.94. The third-order valence-corrected chi connectivity index (χ3v) is 4.82. The highest BCUT2D eigenvalue weighted by Gasteiger charge is 2.21. The average Bonchev–Trinajstić information content (AvgIpc) is 2.64. The summed E-state index contributed by atoms with van der Waals surface area (Å²) in [7, 11) is 0. The lowest BCUT2D eigenvalue weighted by Crippen LogP contribution is -2.46. The van der Waals surface area contributed by atoms with Gasteiger partial charge in [-0.3, -0.25) is 0 Å². The van der Waals surface area contributed by atoms with Crippen LogP contribution in [-0.4, -0.2) is 55.7 Å². The van der Waals surface area contributed by atoms with E-state index in [0.717, 1.165) is 25.6 Å². The molecule has 5 nitrogen and oxygen atoms in total. The Labute approximate surface area is 186 Å². The number of nitrogens with zero attached hydrogens (tertiary/aromatic N) is 2. The molecule has 1 saturated heterocycles. The first-order valence-corrected chi connectivity index (χ1v) is 10.2. The van der Waals surface area contributed by atoms with E-state index in [0.29, 0.717) is 24.3 Å². The van der Waals surface area contributed by atoms with Crippen LogP contribution in [0.3, 0.4) is 0 Å². The lowest BCUT2D eigenvalue weighted by atomic mass is 9.97. The van der Waals surface area contributed by atoms with Gasteiger partial charge in [-0.2, -0.15) is 0 Å². The number of benzene rings is 1. The van der Waals surface area contributed by atoms with E-state index in [9.17, 15) is 4.39 Å². The summed E-state index contributed by atoms with van der Waals surface area (Å²) >= 11 is 0. The molecule has 2 unspecified atom stereocenters. The van der Waals surface area contributed by atoms with Crippen LogP contribution in [0.25, 0.3) is 0 Å². The monoisotopic (exact) mass is 506 g/mol. The molecule has 1 fully saturated rings. The van der Waals surface area contributed by atoms with Crippen molar-refractivity contribution in [1.82, 2.24) is 15.5 Å². The zero-order chi connectivity index (χ0) is 19.6. The predicted octanol–water partition coefficient (Wildman–Crippen LogP) is 3.89. The predicted molar refractivity (Wildman–Crippen MR) is 125 cm³/mol. The second-order valence-electron chi connectivity index (χ2n) is 7.58. The maximum atomic E-state index is 13.3. The normalized spacial score (nSPS) is 19.1. The van der Waals surface area contributed by atoms with Crippen molar-refractivity contribution in [2.75, 3.05) is 32.7 Å². The molecule has 1 aromatic rings. The van der Waals surface area contributed by atoms with Gasteiger partial charge < -0.3 is 20.3 Å². The molecule has 0 saturated carbocycles. The van der Waals surface area contributed by atoms with Gasteiger partial charge in [-0.15, -0.1) is 24.0 Å². The first-order chi connectivity index (χ1) is 13.0. The Hall–Kier alpha value is -1.09. The molecular weight excluding hydrogens is 470 g/mol. The lowest BCUT2D eigenvalue weighted by Gasteiger charge is -2.35. The molecule has 7 heteroatoms. The van der Waals surface area contributed by atoms with Gasteiger partial charge in [0.25, 0.3) is 0 Å². The maximum absolute atomic E-state index is 13.3. The summed E-state index contributed by atoms with van der Waals surface area (Å²) in [6, 6.07) is 6.82. The number of nitrogens with one attached hydrogen (secondary N) is 2. The van der Waals surface area contributed by atoms with E-state index in [4.69, 9.17) is 4.74 Å². The van der Waals surface area contributed by atoms with E-state index in [1.165, 1.54) is 31.5 Å². The van der Waals surface area contributed by atoms with Crippen molar-refractivity contribution < 1.29 is 9.13 Å². The first kappa shape index (κ1) is 24.9. The Morgan fingerprint density at radius 2 is 2.11 bits per heavy atom. The Morgan fingerprint density at radius 3 is 2.79 bits per heavy atom. The second kappa shape index (κ2) is 13.2. The number of guanidine groups is 1. The van der Waals surface area contributed by atoms with Gasteiger partial charge in [-0.05, 0) is 65.1 Å². The van der Waals surface area contributed by atoms with Gasteiger partial charge in [0.05, 0.1) is 6.54 Å². The fraction of sp³-hybridized carbons (Fsp3) is 0.667. The van der Waals surface area contributed by atoms with Crippen LogP contribution >= 0.6 is 24.0 Å². The minimum absolute atomic E-state index is 0. The van der Waals surface area contributed by atoms with Gasteiger partial charge in [0, 0.05) is 31.7 Å². The molecule has 2 atom stereocenters. The van der Waals surface area contributed by atoms with Gasteiger partial charge in [-0.1, -0.05) is 6.07 Å². The molecular formula is C21H36FIN4O. The Morgan fingerprint density at radius 1 is 1.32 bits per heavy atom. The molecule has 1 aliphatic rings. The number of hydrogen-bond acceptors (Lipinski definition) is 3. The van der Waals surface area contributed by atoms with Crippen molar-refractivity contribution in [2.24, 2.45) is 10.9 Å². The molecule has 1 aromatic carbocycles. The fourth-order valence-electron chi connectivity index (χ4n) is 3.35. The van der Waals surface area contributed by atoms with Crippen LogP contribution < -0.4 is 15.4 Å². The van der Waals surface area contributed by atoms with E-state index in [1.807, 2.05) is 6.92 Å². The summed E-state index contributed by atoms with van der Waals surface area (Å²) in [6.45, 7) is 13.1. The molecule has 28 heavy (non-hydrogen) atoms. The largest absolute Gasteiger partial charge is 0.489 e. The second-order valence-corrected chi connectivity index (χ2v) is 7.58. The van der Waals surface area contributed by atoms with E-state index < -0.39 is 0 Å². The highest BCUT2D eigenvalue weighted by Crippen LogP contribution is 2.17. The molecule has 0 aliphatic carbocycles. The summed E-state index contributed by atoms with van der Waals surface area (Å²) in [5.74, 6) is 1.70. The molecule has 0 amide bonds. The number of likely N-dealkylation sites (tertiary alicyclic amines) is 1. The van der Waals surface area contributed by atoms with E-state index in [2.05, 4.69) is 41.3 Å². The molecule has 0 bridgehead atoms. The van der Waals surface area contributed by atoms with Gasteiger partial charge in [0.15, 0.2) is 5.96 Å². The summed E-state index contributed by atoms with van der Waals surface area (Å²) in [5.41, 5.74) is 0. The molecule has 0 spiro atoms. The third-order valence-electron chi connectivity index (χ3n) is 4.82. The van der Waals surface area contributed by atoms with Crippen molar-refractivity contribution >= 4 is 29.9 Å². The zero-order valence-electron chi connectivity index (χ0n) is 17.6. The van der Waals surface area contributed by atoms with Crippen LogP contribution in [0.5, 0.6) is 5.75 Å². The summed E-state index contributed by atoms with van der Waals surface area (Å²) in [5, 5.41) is 6.77. The molecule has 1 heterocycles. The van der Waals surface area contributed by atoms with Crippen LogP contribution in [0.2, 0.25) is 0 Å². The molecule has 2 N–H and O–H groups in total. The first-order valence-electron chi connectivity index (χ1n) is 10.2. The quantitative estimate of drug-likeness (QED) is 0.319. The molecule has 160 valence electrons. The Bertz CT molecular complexity index is 600. The van der Waals surface area contributed by atoms with Crippen LogP contribution in [0, 0.1) is 11.7 Å². The smallest absolute Gasteiger partial charge is 0.191 e. The van der Waals surface area contributed by atoms with E-state index in [-0.39, 0.29) is 35.9 Å². The summed E-state index contributed by atoms with van der Waals surface area (Å²) in [4.78, 5) is 7.18. The van der Waals surface area contributed by atoms with Crippen LogP contribution in [0.4, 0.5) is 4.39 Å². The van der Waals surface area contributed by atoms with Crippen LogP contribution in [0.15, 0.2) is 29.3 Å². The lowest BCUT2D eigenvalue weighted by molar-refractivity contribution is 0.141. The van der Waals surface area contributed by atoms with E-state index >= 15 is 0 Å². The highest BCUT2D eigenvalue weighted by molar-refractivity contribution is 14.0. The molecule has 0 radical (unpaired) electrons. The number of rotatable bonds is 8. The van der Waals surface area contributed by atoms with Crippen LogP contribution in [0.1, 0.15) is 40.5 Å². The zero-order valence-corrected chi connectivity index (χ0v) is 19.9. The Kier molecular flexibility index (Phi) is 11.8. The standard InChI is InChI=1S/C21H35FN4O.HI/c1-5-23-21(25-14-18-8-7-11-26(15-18)16(2)3)24-13-17(4)27-20-10-6-9-19(22)12-20;/h6,9-10,12,16-18H,5,7-8,11,13-15H2,1-4H3,(H2,23,24,25);1H. The van der Waals surface area contributed by atoms with Gasteiger partial charge in [0.1, 0.15) is 17.7 Å². The molecule has 2 rings (SSSR count). The average molecular weight is 506 g/mol. The van der Waals surface area contributed by atoms with Crippen molar-refractivity contribution in [3.05, 3.63) is 30.1 Å². The number of piperidine rings is 1. The SMILES string of the molecule is CCNC(=NCC(C)Oc1cccc(F)c1)NCC1CCCN(C(C)C)C1.I. The topological polar surface area (TPSA) is 48.9 Å². The van der Waals surface area contributed by atoms with Crippen molar-refractivity contribution in [3.8, 4) is 5.75 Å². The fourth-order valence-corrected chi connectivity index (χ4v) is 3.35. The number of halogens is 2.